The van der Waals surface area contributed by atoms with E-state index in [1.165, 1.54) is 0 Å². The molecule has 2 N–H and O–H groups in total. The van der Waals surface area contributed by atoms with Crippen molar-refractivity contribution in [2.45, 2.75) is 6.92 Å². The Morgan fingerprint density at radius 3 is 1.39 bits per heavy atom. The predicted octanol–water partition coefficient (Wildman–Crippen LogP) is -1.18. The van der Waals surface area contributed by atoms with Gasteiger partial charge in [0.1, 0.15) is 5.78 Å². The van der Waals surface area contributed by atoms with Gasteiger partial charge in [0.25, 0.3) is 0 Å². The van der Waals surface area contributed by atoms with E-state index >= 15 is 0 Å². The van der Waals surface area contributed by atoms with Crippen LogP contribution in [0, 0.1) is 9.81 Å². The molecular formula is C17H33N7O4. The number of carbonyl (C=O) groups is 2. The number of amides is 1. The zero-order chi connectivity index (χ0) is 20.8. The van der Waals surface area contributed by atoms with Crippen LogP contribution in [0.4, 0.5) is 0 Å². The largest absolute Gasteiger partial charge is 0.369 e. The van der Waals surface area contributed by atoms with Crippen molar-refractivity contribution in [3.05, 3.63) is 9.81 Å². The highest BCUT2D eigenvalue weighted by Crippen LogP contribution is 2.01. The van der Waals surface area contributed by atoms with Gasteiger partial charge in [-0.05, 0) is 6.92 Å². The molecule has 0 bridgehead atoms. The molecule has 0 aliphatic carbocycles. The molecule has 11 nitrogen and oxygen atoms in total. The lowest BCUT2D eigenvalue weighted by molar-refractivity contribution is -0.120. The summed E-state index contributed by atoms with van der Waals surface area (Å²) in [6, 6.07) is 0. The van der Waals surface area contributed by atoms with Crippen molar-refractivity contribution in [2.75, 3.05) is 91.6 Å². The van der Waals surface area contributed by atoms with Crippen molar-refractivity contribution in [3.8, 4) is 0 Å². The molecule has 1 heterocycles. The van der Waals surface area contributed by atoms with Crippen LogP contribution in [0.1, 0.15) is 6.92 Å². The van der Waals surface area contributed by atoms with E-state index in [4.69, 9.17) is 5.73 Å². The van der Waals surface area contributed by atoms with Gasteiger partial charge in [0, 0.05) is 65.4 Å². The average molecular weight is 399 g/mol. The Hall–Kier alpha value is -1.82. The van der Waals surface area contributed by atoms with E-state index in [0.29, 0.717) is 65.4 Å². The van der Waals surface area contributed by atoms with Crippen molar-refractivity contribution < 1.29 is 9.59 Å². The molecule has 28 heavy (non-hydrogen) atoms. The third kappa shape index (κ3) is 11.1. The molecule has 1 aliphatic rings. The number of hydrogen-bond acceptors (Lipinski definition) is 10. The van der Waals surface area contributed by atoms with E-state index in [9.17, 15) is 19.4 Å². The smallest absolute Gasteiger partial charge is 0.231 e. The first-order valence-corrected chi connectivity index (χ1v) is 9.70. The number of nitrogens with two attached hydrogens (primary N) is 1. The molecule has 160 valence electrons. The molecule has 1 saturated heterocycles. The van der Waals surface area contributed by atoms with Gasteiger partial charge in [-0.2, -0.15) is 9.81 Å². The molecule has 1 aliphatic heterocycles. The standard InChI is InChI=1S/C17H33N7O4/c1-16(25)14-23-10-8-21(4-2-19-27)6-7-22(5-3-20-28)9-11-24(13-12-23)15-17(18)26/h2-15H2,1H3,(H2,18,26). The molecular weight excluding hydrogens is 366 g/mol. The first-order valence-electron chi connectivity index (χ1n) is 9.70. The number of hydrogen-bond donors (Lipinski definition) is 1. The molecule has 0 spiro atoms. The Balaban J connectivity index is 2.84. The van der Waals surface area contributed by atoms with Crippen LogP contribution in [0.2, 0.25) is 0 Å². The Labute approximate surface area is 166 Å². The molecule has 0 atom stereocenters. The van der Waals surface area contributed by atoms with Gasteiger partial charge in [-0.25, -0.2) is 0 Å². The fourth-order valence-electron chi connectivity index (χ4n) is 3.24. The average Bonchev–Trinajstić information content (AvgIpc) is 2.63. The Kier molecular flexibility index (Phi) is 12.3. The summed E-state index contributed by atoms with van der Waals surface area (Å²) >= 11 is 0. The second kappa shape index (κ2) is 14.2. The third-order valence-corrected chi connectivity index (χ3v) is 4.77. The number of primary amides is 1. The van der Waals surface area contributed by atoms with Crippen LogP contribution in [0.15, 0.2) is 10.4 Å². The Morgan fingerprint density at radius 2 is 1.07 bits per heavy atom. The number of Topliss-reactive ketones (excluding diaryl/α,β-unsaturated/α-hetero) is 1. The SMILES string of the molecule is CC(=O)CN1CCN(CCN=O)CCN(CCN=O)CCN(CC(N)=O)CC1. The van der Waals surface area contributed by atoms with E-state index in [1.54, 1.807) is 6.92 Å². The predicted molar refractivity (Wildman–Crippen MR) is 107 cm³/mol. The quantitative estimate of drug-likeness (QED) is 0.454. The van der Waals surface area contributed by atoms with Gasteiger partial charge in [-0.3, -0.25) is 29.2 Å². The molecule has 1 rings (SSSR count). The summed E-state index contributed by atoms with van der Waals surface area (Å²) in [4.78, 5) is 52.4. The molecule has 0 unspecified atom stereocenters. The van der Waals surface area contributed by atoms with Crippen LogP contribution in [0.25, 0.3) is 0 Å². The summed E-state index contributed by atoms with van der Waals surface area (Å²) in [5, 5.41) is 5.90. The number of ketones is 1. The first kappa shape index (κ1) is 24.2. The minimum atomic E-state index is -0.390. The van der Waals surface area contributed by atoms with Crippen LogP contribution in [-0.2, 0) is 9.59 Å². The summed E-state index contributed by atoms with van der Waals surface area (Å²) in [5.41, 5.74) is 5.37. The molecule has 0 aromatic rings. The maximum Gasteiger partial charge on any atom is 0.231 e. The van der Waals surface area contributed by atoms with Crippen molar-refractivity contribution in [3.63, 3.8) is 0 Å². The molecule has 1 amide bonds. The summed E-state index contributed by atoms with van der Waals surface area (Å²) in [7, 11) is 0. The lowest BCUT2D eigenvalue weighted by Gasteiger charge is -2.33. The fourth-order valence-corrected chi connectivity index (χ4v) is 3.24. The minimum absolute atomic E-state index is 0.0854. The molecule has 0 aromatic heterocycles. The number of nitrogens with zero attached hydrogens (tertiary/aromatic N) is 6. The minimum Gasteiger partial charge on any atom is -0.369 e. The maximum absolute atomic E-state index is 11.6. The lowest BCUT2D eigenvalue weighted by Crippen LogP contribution is -2.48. The van der Waals surface area contributed by atoms with Crippen molar-refractivity contribution in [1.29, 1.82) is 0 Å². The normalized spacial score (nSPS) is 19.5. The topological polar surface area (TPSA) is 132 Å². The highest BCUT2D eigenvalue weighted by molar-refractivity contribution is 5.77. The van der Waals surface area contributed by atoms with Crippen LogP contribution in [-0.4, -0.2) is 123 Å². The van der Waals surface area contributed by atoms with Crippen molar-refractivity contribution in [1.82, 2.24) is 19.6 Å². The summed E-state index contributed by atoms with van der Waals surface area (Å²) in [5.74, 6) is -0.305. The third-order valence-electron chi connectivity index (χ3n) is 4.77. The van der Waals surface area contributed by atoms with E-state index < -0.39 is 0 Å². The van der Waals surface area contributed by atoms with Crippen LogP contribution >= 0.6 is 0 Å². The van der Waals surface area contributed by atoms with E-state index in [-0.39, 0.29) is 31.3 Å². The molecule has 11 heteroatoms. The number of carbonyl (C=O) groups excluding carboxylic acids is 2. The van der Waals surface area contributed by atoms with Crippen LogP contribution < -0.4 is 5.73 Å². The van der Waals surface area contributed by atoms with E-state index in [1.807, 2.05) is 4.90 Å². The maximum atomic E-state index is 11.6. The van der Waals surface area contributed by atoms with Gasteiger partial charge in [0.05, 0.1) is 26.2 Å². The summed E-state index contributed by atoms with van der Waals surface area (Å²) < 4.78 is 0. The number of nitroso groups, excluding NO2 is 2. The van der Waals surface area contributed by atoms with Crippen molar-refractivity contribution in [2.24, 2.45) is 16.1 Å². The van der Waals surface area contributed by atoms with E-state index in [0.717, 1.165) is 6.54 Å². The van der Waals surface area contributed by atoms with Gasteiger partial charge < -0.3 is 5.73 Å². The monoisotopic (exact) mass is 399 g/mol. The first-order chi connectivity index (χ1) is 13.4. The van der Waals surface area contributed by atoms with Gasteiger partial charge in [0.2, 0.25) is 5.91 Å². The fraction of sp³-hybridized carbons (Fsp3) is 0.882. The van der Waals surface area contributed by atoms with Crippen molar-refractivity contribution >= 4 is 11.7 Å². The Morgan fingerprint density at radius 1 is 0.714 bits per heavy atom. The molecule has 0 saturated carbocycles. The highest BCUT2D eigenvalue weighted by atomic mass is 16.3. The van der Waals surface area contributed by atoms with Gasteiger partial charge in [0.15, 0.2) is 0 Å². The van der Waals surface area contributed by atoms with Gasteiger partial charge >= 0.3 is 0 Å². The molecule has 0 aromatic carbocycles. The second-order valence-corrected chi connectivity index (χ2v) is 7.11. The zero-order valence-electron chi connectivity index (χ0n) is 16.8. The lowest BCUT2D eigenvalue weighted by atomic mass is 10.3. The molecule has 0 radical (unpaired) electrons. The Bertz CT molecular complexity index is 462. The van der Waals surface area contributed by atoms with Gasteiger partial charge in [-0.15, -0.1) is 0 Å². The van der Waals surface area contributed by atoms with Crippen LogP contribution in [0.3, 0.4) is 0 Å². The summed E-state index contributed by atoms with van der Waals surface area (Å²) in [6.45, 7) is 8.98. The second-order valence-electron chi connectivity index (χ2n) is 7.11. The van der Waals surface area contributed by atoms with E-state index in [2.05, 4.69) is 25.1 Å². The van der Waals surface area contributed by atoms with Gasteiger partial charge in [-0.1, -0.05) is 10.4 Å². The zero-order valence-corrected chi connectivity index (χ0v) is 16.8. The number of rotatable bonds is 10. The highest BCUT2D eigenvalue weighted by Gasteiger charge is 2.18. The van der Waals surface area contributed by atoms with Crippen LogP contribution in [0.5, 0.6) is 0 Å². The summed E-state index contributed by atoms with van der Waals surface area (Å²) in [6.07, 6.45) is 0. The molecule has 1 fully saturated rings.